The Bertz CT molecular complexity index is 185. The first-order chi connectivity index (χ1) is 6.24. The third-order valence-electron chi connectivity index (χ3n) is 1.61. The Labute approximate surface area is 79.0 Å². The molecular weight excluding hydrogens is 168 g/mol. The molecule has 0 amide bonds. The lowest BCUT2D eigenvalue weighted by Crippen LogP contribution is -2.03. The molecule has 0 N–H and O–H groups in total. The third kappa shape index (κ3) is 6.11. The molecular formula is C10H16O3. The second-order valence-electron chi connectivity index (χ2n) is 2.61. The third-order valence-corrected chi connectivity index (χ3v) is 1.61. The molecule has 3 heteroatoms. The van der Waals surface area contributed by atoms with Crippen molar-refractivity contribution in [3.8, 4) is 0 Å². The molecule has 0 spiro atoms. The van der Waals surface area contributed by atoms with Crippen LogP contribution in [0.4, 0.5) is 0 Å². The van der Waals surface area contributed by atoms with Crippen molar-refractivity contribution < 1.29 is 14.3 Å². The minimum atomic E-state index is -0.333. The fourth-order valence-corrected chi connectivity index (χ4v) is 0.853. The average molecular weight is 184 g/mol. The Kier molecular flexibility index (Phi) is 6.92. The molecule has 0 aliphatic heterocycles. The van der Waals surface area contributed by atoms with Crippen LogP contribution >= 0.6 is 0 Å². The van der Waals surface area contributed by atoms with Gasteiger partial charge in [0, 0.05) is 19.1 Å². The van der Waals surface area contributed by atoms with Crippen LogP contribution in [0.1, 0.15) is 6.42 Å². The number of carbonyl (C=O) groups is 1. The van der Waals surface area contributed by atoms with Crippen molar-refractivity contribution in [2.45, 2.75) is 6.42 Å². The highest BCUT2D eigenvalue weighted by molar-refractivity contribution is 5.81. The van der Waals surface area contributed by atoms with Crippen molar-refractivity contribution >= 4 is 5.97 Å². The van der Waals surface area contributed by atoms with Crippen LogP contribution in [0.2, 0.25) is 0 Å². The maximum absolute atomic E-state index is 10.7. The maximum atomic E-state index is 10.7. The highest BCUT2D eigenvalue weighted by Gasteiger charge is 2.00. The van der Waals surface area contributed by atoms with Crippen molar-refractivity contribution in [1.29, 1.82) is 0 Å². The summed E-state index contributed by atoms with van der Waals surface area (Å²) >= 11 is 0. The quantitative estimate of drug-likeness (QED) is 0.357. The highest BCUT2D eigenvalue weighted by atomic mass is 16.5. The minimum Gasteiger partial charge on any atom is -0.466 e. The van der Waals surface area contributed by atoms with E-state index < -0.39 is 0 Å². The number of ether oxygens (including phenoxy) is 2. The van der Waals surface area contributed by atoms with Gasteiger partial charge in [-0.2, -0.15) is 0 Å². The summed E-state index contributed by atoms with van der Waals surface area (Å²) in [5.74, 6) is -0.0777. The van der Waals surface area contributed by atoms with Gasteiger partial charge in [0.15, 0.2) is 0 Å². The summed E-state index contributed by atoms with van der Waals surface area (Å²) < 4.78 is 9.40. The molecule has 13 heavy (non-hydrogen) atoms. The highest BCUT2D eigenvalue weighted by Crippen LogP contribution is 2.05. The Balaban J connectivity index is 3.76. The normalized spacial score (nSPS) is 12.8. The van der Waals surface area contributed by atoms with Gasteiger partial charge in [-0.3, -0.25) is 0 Å². The molecule has 1 unspecified atom stereocenters. The summed E-state index contributed by atoms with van der Waals surface area (Å²) in [5.41, 5.74) is 0. The number of hydrogen-bond donors (Lipinski definition) is 0. The van der Waals surface area contributed by atoms with E-state index in [-0.39, 0.29) is 11.9 Å². The number of rotatable bonds is 6. The Morgan fingerprint density at radius 1 is 1.54 bits per heavy atom. The second-order valence-corrected chi connectivity index (χ2v) is 2.61. The van der Waals surface area contributed by atoms with Crippen molar-refractivity contribution in [2.24, 2.45) is 5.92 Å². The van der Waals surface area contributed by atoms with Gasteiger partial charge in [-0.1, -0.05) is 12.2 Å². The van der Waals surface area contributed by atoms with E-state index in [0.29, 0.717) is 6.61 Å². The average Bonchev–Trinajstić information content (AvgIpc) is 2.16. The number of hydrogen-bond acceptors (Lipinski definition) is 3. The van der Waals surface area contributed by atoms with E-state index in [0.717, 1.165) is 6.42 Å². The number of esters is 1. The SMILES string of the molecule is C=CC(C/C=C/C(=O)OC)COC. The van der Waals surface area contributed by atoms with Crippen molar-refractivity contribution in [1.82, 2.24) is 0 Å². The van der Waals surface area contributed by atoms with Gasteiger partial charge in [-0.25, -0.2) is 4.79 Å². The van der Waals surface area contributed by atoms with E-state index in [1.54, 1.807) is 13.2 Å². The fourth-order valence-electron chi connectivity index (χ4n) is 0.853. The first kappa shape index (κ1) is 11.9. The summed E-state index contributed by atoms with van der Waals surface area (Å²) in [6.07, 6.45) is 5.72. The predicted octanol–water partition coefficient (Wildman–Crippen LogP) is 1.55. The van der Waals surface area contributed by atoms with Crippen LogP contribution < -0.4 is 0 Å². The van der Waals surface area contributed by atoms with Gasteiger partial charge in [0.2, 0.25) is 0 Å². The molecule has 0 rings (SSSR count). The molecule has 3 nitrogen and oxygen atoms in total. The first-order valence-corrected chi connectivity index (χ1v) is 4.10. The van der Waals surface area contributed by atoms with E-state index in [4.69, 9.17) is 4.74 Å². The summed E-state index contributed by atoms with van der Waals surface area (Å²) in [6, 6.07) is 0. The van der Waals surface area contributed by atoms with Crippen LogP contribution in [0.5, 0.6) is 0 Å². The zero-order valence-electron chi connectivity index (χ0n) is 8.16. The topological polar surface area (TPSA) is 35.5 Å². The molecule has 0 heterocycles. The van der Waals surface area contributed by atoms with E-state index in [9.17, 15) is 4.79 Å². The van der Waals surface area contributed by atoms with Crippen molar-refractivity contribution in [3.05, 3.63) is 24.8 Å². The van der Waals surface area contributed by atoms with Gasteiger partial charge in [-0.05, 0) is 6.42 Å². The molecule has 0 saturated carbocycles. The summed E-state index contributed by atoms with van der Waals surface area (Å²) in [4.78, 5) is 10.7. The minimum absolute atomic E-state index is 0.255. The van der Waals surface area contributed by atoms with Crippen LogP contribution in [-0.4, -0.2) is 26.8 Å². The van der Waals surface area contributed by atoms with Crippen LogP contribution in [0.3, 0.4) is 0 Å². The standard InChI is InChI=1S/C10H16O3/c1-4-9(8-12-2)6-5-7-10(11)13-3/h4-5,7,9H,1,6,8H2,2-3H3/b7-5+. The molecule has 0 radical (unpaired) electrons. The van der Waals surface area contributed by atoms with Gasteiger partial charge in [0.1, 0.15) is 0 Å². The zero-order valence-corrected chi connectivity index (χ0v) is 8.16. The van der Waals surface area contributed by atoms with Gasteiger partial charge >= 0.3 is 5.97 Å². The predicted molar refractivity (Wildman–Crippen MR) is 51.3 cm³/mol. The molecule has 0 bridgehead atoms. The lowest BCUT2D eigenvalue weighted by atomic mass is 10.1. The number of allylic oxidation sites excluding steroid dienone is 1. The molecule has 0 aromatic carbocycles. The Hall–Kier alpha value is -1.09. The number of carbonyl (C=O) groups excluding carboxylic acids is 1. The lowest BCUT2D eigenvalue weighted by Gasteiger charge is -2.06. The van der Waals surface area contributed by atoms with Gasteiger partial charge in [-0.15, -0.1) is 6.58 Å². The number of methoxy groups -OCH3 is 2. The molecule has 0 aliphatic carbocycles. The second kappa shape index (κ2) is 7.55. The van der Waals surface area contributed by atoms with Crippen molar-refractivity contribution in [3.63, 3.8) is 0 Å². The molecule has 0 saturated heterocycles. The summed E-state index contributed by atoms with van der Waals surface area (Å²) in [5, 5.41) is 0. The van der Waals surface area contributed by atoms with Gasteiger partial charge in [0.25, 0.3) is 0 Å². The lowest BCUT2D eigenvalue weighted by molar-refractivity contribution is -0.134. The molecule has 74 valence electrons. The molecule has 0 aromatic heterocycles. The fraction of sp³-hybridized carbons (Fsp3) is 0.500. The maximum Gasteiger partial charge on any atom is 0.330 e. The molecule has 0 fully saturated rings. The smallest absolute Gasteiger partial charge is 0.330 e. The van der Waals surface area contributed by atoms with E-state index >= 15 is 0 Å². The van der Waals surface area contributed by atoms with Gasteiger partial charge in [0.05, 0.1) is 13.7 Å². The van der Waals surface area contributed by atoms with Gasteiger partial charge < -0.3 is 9.47 Å². The molecule has 1 atom stereocenters. The van der Waals surface area contributed by atoms with Crippen molar-refractivity contribution in [2.75, 3.05) is 20.8 Å². The Morgan fingerprint density at radius 3 is 2.69 bits per heavy atom. The largest absolute Gasteiger partial charge is 0.466 e. The van der Waals surface area contributed by atoms with E-state index in [1.807, 2.05) is 6.08 Å². The summed E-state index contributed by atoms with van der Waals surface area (Å²) in [6.45, 7) is 4.29. The molecule has 0 aliphatic rings. The van der Waals surface area contributed by atoms with Crippen LogP contribution in [0, 0.1) is 5.92 Å². The van der Waals surface area contributed by atoms with Crippen LogP contribution in [0.25, 0.3) is 0 Å². The summed E-state index contributed by atoms with van der Waals surface area (Å²) in [7, 11) is 2.99. The zero-order chi connectivity index (χ0) is 10.1. The monoisotopic (exact) mass is 184 g/mol. The van der Waals surface area contributed by atoms with Crippen LogP contribution in [0.15, 0.2) is 24.8 Å². The molecule has 0 aromatic rings. The first-order valence-electron chi connectivity index (χ1n) is 4.10. The Morgan fingerprint density at radius 2 is 2.23 bits per heavy atom. The van der Waals surface area contributed by atoms with Crippen LogP contribution in [-0.2, 0) is 14.3 Å². The van der Waals surface area contributed by atoms with E-state index in [2.05, 4.69) is 11.3 Å². The van der Waals surface area contributed by atoms with E-state index in [1.165, 1.54) is 13.2 Å².